The van der Waals surface area contributed by atoms with E-state index in [0.717, 1.165) is 24.9 Å². The third-order valence-electron chi connectivity index (χ3n) is 5.95. The summed E-state index contributed by atoms with van der Waals surface area (Å²) in [6.07, 6.45) is 2.71. The summed E-state index contributed by atoms with van der Waals surface area (Å²) in [5.41, 5.74) is 1.32. The van der Waals surface area contributed by atoms with Crippen LogP contribution in [0, 0.1) is 0 Å². The Morgan fingerprint density at radius 1 is 0.943 bits per heavy atom. The van der Waals surface area contributed by atoms with Gasteiger partial charge in [-0.2, -0.15) is 0 Å². The van der Waals surface area contributed by atoms with Gasteiger partial charge in [0, 0.05) is 12.1 Å². The van der Waals surface area contributed by atoms with Gasteiger partial charge in [0.1, 0.15) is 17.3 Å². The number of aliphatic hydroxyl groups excluding tert-OH is 1. The van der Waals surface area contributed by atoms with E-state index in [9.17, 15) is 14.7 Å². The van der Waals surface area contributed by atoms with Crippen LogP contribution in [0.1, 0.15) is 50.3 Å². The van der Waals surface area contributed by atoms with Gasteiger partial charge < -0.3 is 24.4 Å². The molecule has 1 unspecified atom stereocenters. The Bertz CT molecular complexity index is 1030. The molecule has 0 aromatic heterocycles. The molecule has 188 valence electrons. The van der Waals surface area contributed by atoms with Crippen LogP contribution in [0.25, 0.3) is 5.76 Å². The minimum atomic E-state index is -0.673. The van der Waals surface area contributed by atoms with Crippen molar-refractivity contribution in [3.63, 3.8) is 0 Å². The first-order chi connectivity index (χ1) is 16.9. The molecule has 1 heterocycles. The predicted octanol–water partition coefficient (Wildman–Crippen LogP) is 4.64. The molecule has 0 aliphatic carbocycles. The normalized spacial score (nSPS) is 17.3. The lowest BCUT2D eigenvalue weighted by Gasteiger charge is -2.26. The zero-order valence-electron chi connectivity index (χ0n) is 21.1. The fourth-order valence-corrected chi connectivity index (χ4v) is 4.13. The van der Waals surface area contributed by atoms with Crippen molar-refractivity contribution in [2.75, 3.05) is 40.4 Å². The van der Waals surface area contributed by atoms with Crippen molar-refractivity contribution in [1.82, 2.24) is 9.80 Å². The molecule has 7 nitrogen and oxygen atoms in total. The van der Waals surface area contributed by atoms with Crippen molar-refractivity contribution in [2.45, 2.75) is 39.2 Å². The number of benzene rings is 2. The molecule has 1 N–H and O–H groups in total. The first-order valence-corrected chi connectivity index (χ1v) is 12.3. The van der Waals surface area contributed by atoms with Gasteiger partial charge in [-0.15, -0.1) is 0 Å². The second-order valence-electron chi connectivity index (χ2n) is 8.88. The van der Waals surface area contributed by atoms with Crippen molar-refractivity contribution >= 4 is 17.4 Å². The van der Waals surface area contributed by atoms with Crippen molar-refractivity contribution in [3.05, 3.63) is 65.2 Å². The number of carbonyl (C=O) groups excluding carboxylic acids is 2. The fraction of sp³-hybridized carbons (Fsp3) is 0.429. The molecule has 1 amide bonds. The summed E-state index contributed by atoms with van der Waals surface area (Å²) in [6.45, 7) is 6.35. The van der Waals surface area contributed by atoms with Gasteiger partial charge >= 0.3 is 0 Å². The number of amides is 1. The number of hydrogen-bond donors (Lipinski definition) is 1. The Kier molecular flexibility index (Phi) is 9.32. The van der Waals surface area contributed by atoms with Gasteiger partial charge in [0.25, 0.3) is 11.7 Å². The molecule has 0 radical (unpaired) electrons. The quantitative estimate of drug-likeness (QED) is 0.206. The van der Waals surface area contributed by atoms with Crippen LogP contribution in [0.2, 0.25) is 0 Å². The summed E-state index contributed by atoms with van der Waals surface area (Å²) >= 11 is 0. The van der Waals surface area contributed by atoms with Crippen molar-refractivity contribution < 1.29 is 24.2 Å². The van der Waals surface area contributed by atoms with Crippen LogP contribution in [-0.4, -0.2) is 67.0 Å². The van der Waals surface area contributed by atoms with E-state index < -0.39 is 17.7 Å². The van der Waals surface area contributed by atoms with Gasteiger partial charge in [-0.1, -0.05) is 25.5 Å². The van der Waals surface area contributed by atoms with E-state index in [4.69, 9.17) is 9.47 Å². The first-order valence-electron chi connectivity index (χ1n) is 12.3. The molecule has 1 saturated heterocycles. The monoisotopic (exact) mass is 480 g/mol. The first kappa shape index (κ1) is 26.3. The average Bonchev–Trinajstić information content (AvgIpc) is 3.10. The molecular weight excluding hydrogens is 444 g/mol. The SMILES string of the molecule is CCCCOc1ccc(/C(O)=C2\C(=O)C(=O)N(CCCN(C)C)C2c2ccc(OCC)cc2)cc1. The highest BCUT2D eigenvalue weighted by Gasteiger charge is 2.45. The van der Waals surface area contributed by atoms with Crippen molar-refractivity contribution in [1.29, 1.82) is 0 Å². The van der Waals surface area contributed by atoms with E-state index in [1.54, 1.807) is 29.2 Å². The zero-order chi connectivity index (χ0) is 25.4. The standard InChI is InChI=1S/C28H36N2O5/c1-5-7-19-35-23-15-11-21(12-16-23)26(31)24-25(20-9-13-22(14-10-20)34-6-2)30(28(33)27(24)32)18-8-17-29(3)4/h9-16,25,31H,5-8,17-19H2,1-4H3/b26-24+. The lowest BCUT2D eigenvalue weighted by molar-refractivity contribution is -0.139. The highest BCUT2D eigenvalue weighted by Crippen LogP contribution is 2.40. The number of Topliss-reactive ketones (excluding diaryl/α,β-unsaturated/α-hetero) is 1. The van der Waals surface area contributed by atoms with Gasteiger partial charge in [0.05, 0.1) is 24.8 Å². The summed E-state index contributed by atoms with van der Waals surface area (Å²) in [5.74, 6) is -0.0441. The molecule has 1 aliphatic heterocycles. The van der Waals surface area contributed by atoms with Gasteiger partial charge in [-0.25, -0.2) is 0 Å². The summed E-state index contributed by atoms with van der Waals surface area (Å²) in [4.78, 5) is 29.8. The number of nitrogens with zero attached hydrogens (tertiary/aromatic N) is 2. The predicted molar refractivity (Wildman–Crippen MR) is 137 cm³/mol. The van der Waals surface area contributed by atoms with Gasteiger partial charge in [-0.3, -0.25) is 9.59 Å². The molecule has 3 rings (SSSR count). The summed E-state index contributed by atoms with van der Waals surface area (Å²) in [7, 11) is 3.93. The number of rotatable bonds is 12. The number of carbonyl (C=O) groups is 2. The molecular formula is C28H36N2O5. The van der Waals surface area contributed by atoms with Crippen LogP contribution >= 0.6 is 0 Å². The van der Waals surface area contributed by atoms with Crippen LogP contribution in [0.5, 0.6) is 11.5 Å². The Morgan fingerprint density at radius 2 is 1.57 bits per heavy atom. The second kappa shape index (κ2) is 12.4. The van der Waals surface area contributed by atoms with Crippen LogP contribution in [0.4, 0.5) is 0 Å². The Labute approximate surface area is 207 Å². The number of unbranched alkanes of at least 4 members (excludes halogenated alkanes) is 1. The second-order valence-corrected chi connectivity index (χ2v) is 8.88. The van der Waals surface area contributed by atoms with Crippen LogP contribution < -0.4 is 9.47 Å². The molecule has 0 bridgehead atoms. The maximum Gasteiger partial charge on any atom is 0.295 e. The largest absolute Gasteiger partial charge is 0.507 e. The van der Waals surface area contributed by atoms with Gasteiger partial charge in [0.15, 0.2) is 0 Å². The summed E-state index contributed by atoms with van der Waals surface area (Å²) in [5, 5.41) is 11.2. The lowest BCUT2D eigenvalue weighted by Crippen LogP contribution is -2.32. The van der Waals surface area contributed by atoms with E-state index in [0.29, 0.717) is 43.2 Å². The average molecular weight is 481 g/mol. The number of aliphatic hydroxyl groups is 1. The molecule has 35 heavy (non-hydrogen) atoms. The van der Waals surface area contributed by atoms with E-state index in [1.165, 1.54) is 0 Å². The molecule has 0 saturated carbocycles. The Morgan fingerprint density at radius 3 is 2.17 bits per heavy atom. The highest BCUT2D eigenvalue weighted by atomic mass is 16.5. The minimum absolute atomic E-state index is 0.101. The fourth-order valence-electron chi connectivity index (χ4n) is 4.13. The molecule has 1 aliphatic rings. The minimum Gasteiger partial charge on any atom is -0.507 e. The summed E-state index contributed by atoms with van der Waals surface area (Å²) < 4.78 is 11.3. The summed E-state index contributed by atoms with van der Waals surface area (Å²) in [6, 6.07) is 13.6. The lowest BCUT2D eigenvalue weighted by atomic mass is 9.95. The number of likely N-dealkylation sites (tertiary alicyclic amines) is 1. The molecule has 0 spiro atoms. The topological polar surface area (TPSA) is 79.3 Å². The number of ether oxygens (including phenoxy) is 2. The Hall–Kier alpha value is -3.32. The van der Waals surface area contributed by atoms with E-state index in [-0.39, 0.29) is 11.3 Å². The zero-order valence-corrected chi connectivity index (χ0v) is 21.1. The Balaban J connectivity index is 1.97. The van der Waals surface area contributed by atoms with Crippen molar-refractivity contribution in [3.8, 4) is 11.5 Å². The molecule has 2 aromatic rings. The van der Waals surface area contributed by atoms with Crippen LogP contribution in [0.3, 0.4) is 0 Å². The van der Waals surface area contributed by atoms with Crippen LogP contribution in [0.15, 0.2) is 54.1 Å². The van der Waals surface area contributed by atoms with Gasteiger partial charge in [-0.05, 0) is 82.4 Å². The van der Waals surface area contributed by atoms with E-state index in [2.05, 4.69) is 6.92 Å². The van der Waals surface area contributed by atoms with Crippen LogP contribution in [-0.2, 0) is 9.59 Å². The molecule has 2 aromatic carbocycles. The third kappa shape index (κ3) is 6.42. The maximum atomic E-state index is 13.2. The number of ketones is 1. The number of hydrogen-bond acceptors (Lipinski definition) is 6. The van der Waals surface area contributed by atoms with E-state index in [1.807, 2.05) is 50.2 Å². The maximum absolute atomic E-state index is 13.2. The molecule has 1 fully saturated rings. The third-order valence-corrected chi connectivity index (χ3v) is 5.95. The van der Waals surface area contributed by atoms with Gasteiger partial charge in [0.2, 0.25) is 0 Å². The van der Waals surface area contributed by atoms with E-state index >= 15 is 0 Å². The van der Waals surface area contributed by atoms with Crippen molar-refractivity contribution in [2.24, 2.45) is 0 Å². The molecule has 1 atom stereocenters. The highest BCUT2D eigenvalue weighted by molar-refractivity contribution is 6.46. The molecule has 7 heteroatoms. The smallest absolute Gasteiger partial charge is 0.295 e.